The van der Waals surface area contributed by atoms with E-state index in [0.717, 1.165) is 57.4 Å². The number of ether oxygens (including phenoxy) is 15. The van der Waals surface area contributed by atoms with Crippen LogP contribution in [-0.2, 0) is 105 Å². The lowest BCUT2D eigenvalue weighted by Gasteiger charge is -2.44. The third kappa shape index (κ3) is 48.9. The van der Waals surface area contributed by atoms with E-state index in [-0.39, 0.29) is 118 Å². The Balaban J connectivity index is 0.000000531. The highest BCUT2D eigenvalue weighted by Crippen LogP contribution is 2.33. The molecule has 7 aliphatic rings. The Bertz CT molecular complexity index is 3140. The van der Waals surface area contributed by atoms with Gasteiger partial charge in [-0.05, 0) is 162 Å². The summed E-state index contributed by atoms with van der Waals surface area (Å²) in [5.41, 5.74) is 0.516. The van der Waals surface area contributed by atoms with Crippen molar-refractivity contribution in [3.8, 4) is 0 Å². The monoisotopic (exact) mass is 1870 g/mol. The van der Waals surface area contributed by atoms with Gasteiger partial charge in [0, 0.05) is 69.4 Å². The fraction of sp³-hybridized carbons (Fsp3) is 0.875. The number of aliphatic hydroxyl groups is 15. The zero-order valence-corrected chi connectivity index (χ0v) is 77.7. The Labute approximate surface area is 756 Å². The van der Waals surface area contributed by atoms with E-state index in [1.54, 1.807) is 88.3 Å². The van der Waals surface area contributed by atoms with Gasteiger partial charge >= 0.3 is 29.8 Å². The molecule has 0 saturated carbocycles. The van der Waals surface area contributed by atoms with Crippen LogP contribution in [0.5, 0.6) is 0 Å². The summed E-state index contributed by atoms with van der Waals surface area (Å²) in [5, 5.41) is 180. The maximum absolute atomic E-state index is 11.9. The Morgan fingerprint density at radius 1 is 0.364 bits per heavy atom. The number of aliphatic carboxylic acids is 4. The summed E-state index contributed by atoms with van der Waals surface area (Å²) in [5.74, 6) is -4.00. The van der Waals surface area contributed by atoms with Gasteiger partial charge in [-0.25, -0.2) is 9.59 Å². The average Bonchev–Trinajstić information content (AvgIpc) is 0.795. The summed E-state index contributed by atoms with van der Waals surface area (Å²) in [6, 6.07) is 0. The van der Waals surface area contributed by atoms with Crippen LogP contribution in [0.15, 0.2) is 23.8 Å². The molecule has 0 aliphatic carbocycles. The first-order chi connectivity index (χ1) is 60.4. The number of unbranched alkanes of at least 4 members (excludes halogenated alkanes) is 5. The Hall–Kier alpha value is -4.99. The average molecular weight is 1870 g/mol. The number of carboxylic acid groups (broad SMARTS) is 4. The van der Waals surface area contributed by atoms with Crippen LogP contribution >= 0.6 is 0 Å². The number of allylic oxidation sites excluding steroid dienone is 2. The standard InChI is InChI=1S/C20H32O7.C18H32O10.C17H32O7.C12H22O5.C11H20O6.C10H18O6/c1-5-13(2)19(24)27-17-12-16(21)20(26-15(17)4)25-14(3)10-8-6-7-9-11-18(22)23;1-8(20)4-5-9(2)25-17-12(6-11(21)10(3)26-17)27-18-16(24)15(23)14(22)13(7-19)28-18;1-11(23-17-15(20)10-14(19)12(2)24-17)7-5-3-4-6-8-13(18)9-16(21)22;1-7(13)4-5-8(2)16-12-11(15)6-10(14)9(3)17-12;1-6(3-4-10(14)15)16-11-9(13)5-8(12)7(2)17-11;1-5(3-9(13)14)15-10-8(12)4-7(11)6(2)16-10/h5,9,11,14-17,20-21H,6-8,10,12H2,1-4H3,(H,22,23);9-19,21-24H,4-7H2,1-3H3;11-15,17-20H,3-10H2,1-2H3,(H,21,22);8-12,14-15H,4-6H2,1-3H3;6-9,11-13H,3-5H2,1-2H3,(H,14,15);5-8,10-12H,3-4H2,1-2H3,(H,13,14)/b11-9+,13-5+;;;;;/t14-,15?,16?,17-,20-;9-,10?,11-,12?,13?,14-,15+,16?,17-,18-;11-,12?,13?,14-,15?,17-;8-,9?,10-,11?,12-;6-,7?,8-,9?,11-;5-,6?,7-,8?,10-/m111111/s1. The minimum absolute atomic E-state index is 0.0160. The number of Topliss-reactive ketones (excluding diaryl/α,β-unsaturated/α-hetero) is 2. The number of carboxylic acids is 4. The van der Waals surface area contributed by atoms with E-state index in [0.29, 0.717) is 50.5 Å². The van der Waals surface area contributed by atoms with Crippen LogP contribution < -0.4 is 0 Å². The second-order valence-corrected chi connectivity index (χ2v) is 34.6. The van der Waals surface area contributed by atoms with Crippen LogP contribution in [0, 0.1) is 0 Å². The molecule has 41 nitrogen and oxygen atoms in total. The molecule has 7 rings (SSSR count). The smallest absolute Gasteiger partial charge is 0.333 e. The molecule has 7 saturated heterocycles. The fourth-order valence-corrected chi connectivity index (χ4v) is 13.8. The topological polar surface area (TPSA) is 642 Å². The number of ketones is 2. The van der Waals surface area contributed by atoms with Gasteiger partial charge in [-0.3, -0.25) is 14.4 Å². The summed E-state index contributed by atoms with van der Waals surface area (Å²) in [7, 11) is 0. The van der Waals surface area contributed by atoms with Gasteiger partial charge in [0.2, 0.25) is 0 Å². The predicted octanol–water partition coefficient (Wildman–Crippen LogP) is 3.29. The van der Waals surface area contributed by atoms with Crippen molar-refractivity contribution >= 4 is 41.4 Å². The molecule has 7 fully saturated rings. The van der Waals surface area contributed by atoms with Crippen molar-refractivity contribution in [2.24, 2.45) is 0 Å². The lowest BCUT2D eigenvalue weighted by molar-refractivity contribution is -0.352. The summed E-state index contributed by atoms with van der Waals surface area (Å²) < 4.78 is 82.9. The second-order valence-electron chi connectivity index (χ2n) is 34.6. The molecular weight excluding hydrogens is 1710 g/mol. The summed E-state index contributed by atoms with van der Waals surface area (Å²) in [6.07, 6.45) is -9.72. The second kappa shape index (κ2) is 63.4. The van der Waals surface area contributed by atoms with Gasteiger partial charge in [0.05, 0.1) is 129 Å². The molecule has 15 unspecified atom stereocenters. The van der Waals surface area contributed by atoms with E-state index in [9.17, 15) is 110 Å². The van der Waals surface area contributed by atoms with Crippen LogP contribution in [0.2, 0.25) is 0 Å². The van der Waals surface area contributed by atoms with E-state index in [4.69, 9.17) is 91.5 Å². The van der Waals surface area contributed by atoms with E-state index in [1.165, 1.54) is 13.8 Å². The Kier molecular flexibility index (Phi) is 59.0. The van der Waals surface area contributed by atoms with Crippen molar-refractivity contribution < 1.29 is 202 Å². The summed E-state index contributed by atoms with van der Waals surface area (Å²) >= 11 is 0. The number of esters is 1. The zero-order chi connectivity index (χ0) is 97.8. The predicted molar refractivity (Wildman–Crippen MR) is 455 cm³/mol. The molecule has 129 heavy (non-hydrogen) atoms. The number of aliphatic hydroxyl groups excluding tert-OH is 15. The molecule has 36 atom stereocenters. The maximum Gasteiger partial charge on any atom is 0.333 e. The molecule has 0 amide bonds. The first kappa shape index (κ1) is 120. The molecule has 0 aromatic heterocycles. The molecule has 41 heteroatoms. The minimum atomic E-state index is -1.57. The molecule has 0 aromatic rings. The first-order valence-electron chi connectivity index (χ1n) is 45.0. The number of carbonyl (C=O) groups is 7. The van der Waals surface area contributed by atoms with Crippen molar-refractivity contribution in [3.63, 3.8) is 0 Å². The minimum Gasteiger partial charge on any atom is -0.481 e. The van der Waals surface area contributed by atoms with Crippen LogP contribution in [0.3, 0.4) is 0 Å². The van der Waals surface area contributed by atoms with E-state index in [2.05, 4.69) is 0 Å². The maximum atomic E-state index is 11.9. The number of carbonyl (C=O) groups excluding carboxylic acids is 3. The van der Waals surface area contributed by atoms with E-state index < -0.39 is 209 Å². The highest BCUT2D eigenvalue weighted by molar-refractivity contribution is 5.87. The summed E-state index contributed by atoms with van der Waals surface area (Å²) in [6.45, 7) is 27.1. The Morgan fingerprint density at radius 2 is 0.705 bits per heavy atom. The first-order valence-corrected chi connectivity index (χ1v) is 45.0. The number of hydrogen-bond acceptors (Lipinski definition) is 37. The molecule has 0 bridgehead atoms. The SMILES string of the molecule is C/C=C(\C)C(=O)O[C@@H]1CC(O)[C@H](O[C@H](C)CCCC/C=C/C(=O)O)OC1C.CC(=O)CC[C@@H](C)O[C@@H]1OC(C)[C@H](O)CC1O.CC(=O)CC[C@@H](C)O[C@@H]1OC(C)[C@H](O)CC1O[C@@H]1OC(CO)[C@@H](O)[C@H](O)C1O.CC1O[C@@H](O[C@H](C)CC(=O)O)C(O)C[C@H]1O.CC1O[C@@H](O[C@H](C)CCC(=O)O)C(O)C[C@H]1O.CC1O[C@@H](O[C@H](C)CCCCCCC(O)CC(=O)O)C(O)C[C@H]1O. The van der Waals surface area contributed by atoms with E-state index in [1.807, 2.05) is 20.8 Å². The van der Waals surface area contributed by atoms with Gasteiger partial charge < -0.3 is 178 Å². The lowest BCUT2D eigenvalue weighted by Crippen LogP contribution is -2.61. The lowest BCUT2D eigenvalue weighted by atomic mass is 9.98. The summed E-state index contributed by atoms with van der Waals surface area (Å²) in [4.78, 5) is 75.5. The van der Waals surface area contributed by atoms with Gasteiger partial charge in [0.25, 0.3) is 0 Å². The van der Waals surface area contributed by atoms with Crippen LogP contribution in [0.1, 0.15) is 265 Å². The normalized spacial score (nSPS) is 34.6. The van der Waals surface area contributed by atoms with Crippen molar-refractivity contribution in [2.75, 3.05) is 6.61 Å². The van der Waals surface area contributed by atoms with Crippen LogP contribution in [-0.4, -0.2) is 366 Å². The fourth-order valence-electron chi connectivity index (χ4n) is 13.8. The van der Waals surface area contributed by atoms with Crippen molar-refractivity contribution in [1.82, 2.24) is 0 Å². The van der Waals surface area contributed by atoms with Crippen LogP contribution in [0.4, 0.5) is 0 Å². The molecule has 0 spiro atoms. The van der Waals surface area contributed by atoms with Crippen molar-refractivity contribution in [3.05, 3.63) is 23.8 Å². The van der Waals surface area contributed by atoms with Gasteiger partial charge in [-0.15, -0.1) is 0 Å². The molecule has 7 aliphatic heterocycles. The van der Waals surface area contributed by atoms with Crippen LogP contribution in [0.25, 0.3) is 0 Å². The molecule has 0 radical (unpaired) electrons. The third-order valence-corrected chi connectivity index (χ3v) is 22.3. The number of rotatable bonds is 43. The molecule has 0 aromatic carbocycles. The largest absolute Gasteiger partial charge is 0.481 e. The van der Waals surface area contributed by atoms with Gasteiger partial charge in [0.15, 0.2) is 44.0 Å². The van der Waals surface area contributed by atoms with Gasteiger partial charge in [0.1, 0.15) is 78.7 Å². The highest BCUT2D eigenvalue weighted by Gasteiger charge is 2.49. The third-order valence-electron chi connectivity index (χ3n) is 22.3. The molecule has 754 valence electrons. The van der Waals surface area contributed by atoms with Crippen molar-refractivity contribution in [1.29, 1.82) is 0 Å². The number of hydrogen-bond donors (Lipinski definition) is 19. The molecule has 7 heterocycles. The molecular formula is C88H156O41. The zero-order valence-electron chi connectivity index (χ0n) is 77.7. The van der Waals surface area contributed by atoms with Crippen molar-refractivity contribution in [2.45, 2.75) is 486 Å². The van der Waals surface area contributed by atoms with E-state index >= 15 is 0 Å². The quantitative estimate of drug-likeness (QED) is 0.0237. The highest BCUT2D eigenvalue weighted by atomic mass is 16.8. The molecule has 19 N–H and O–H groups in total. The Morgan fingerprint density at radius 3 is 1.09 bits per heavy atom. The van der Waals surface area contributed by atoms with Gasteiger partial charge in [-0.1, -0.05) is 44.3 Å². The van der Waals surface area contributed by atoms with Gasteiger partial charge in [-0.2, -0.15) is 0 Å².